The Kier molecular flexibility index (Phi) is 6.38. The van der Waals surface area contributed by atoms with E-state index >= 15 is 0 Å². The van der Waals surface area contributed by atoms with Crippen molar-refractivity contribution in [2.24, 2.45) is 0 Å². The van der Waals surface area contributed by atoms with Gasteiger partial charge in [-0.05, 0) is 44.3 Å². The highest BCUT2D eigenvalue weighted by atomic mass is 16.5. The van der Waals surface area contributed by atoms with Crippen LogP contribution < -0.4 is 10.1 Å². The van der Waals surface area contributed by atoms with Crippen molar-refractivity contribution in [3.8, 4) is 5.75 Å². The average Bonchev–Trinajstić information content (AvgIpc) is 2.57. The highest BCUT2D eigenvalue weighted by Gasteiger charge is 2.15. The summed E-state index contributed by atoms with van der Waals surface area (Å²) >= 11 is 0. The van der Waals surface area contributed by atoms with Crippen LogP contribution in [0.5, 0.6) is 5.75 Å². The predicted octanol–water partition coefficient (Wildman–Crippen LogP) is 2.97. The number of rotatable bonds is 7. The molecule has 0 saturated carbocycles. The zero-order chi connectivity index (χ0) is 17.5. The molecule has 4 nitrogen and oxygen atoms in total. The maximum Gasteiger partial charge on any atom is 0.224 e. The molecule has 24 heavy (non-hydrogen) atoms. The van der Waals surface area contributed by atoms with E-state index in [0.717, 1.165) is 16.9 Å². The van der Waals surface area contributed by atoms with E-state index in [9.17, 15) is 4.79 Å². The van der Waals surface area contributed by atoms with Crippen molar-refractivity contribution in [2.75, 3.05) is 27.7 Å². The van der Waals surface area contributed by atoms with E-state index in [-0.39, 0.29) is 11.9 Å². The SMILES string of the molecule is COc1ccc(C(CNC(=O)Cc2ccc(C)cc2)N(C)C)cc1. The average molecular weight is 326 g/mol. The Morgan fingerprint density at radius 2 is 1.71 bits per heavy atom. The fraction of sp³-hybridized carbons (Fsp3) is 0.350. The fourth-order valence-electron chi connectivity index (χ4n) is 2.59. The number of aryl methyl sites for hydroxylation is 1. The third-order valence-electron chi connectivity index (χ3n) is 4.10. The van der Waals surface area contributed by atoms with Gasteiger partial charge in [-0.25, -0.2) is 0 Å². The molecule has 4 heteroatoms. The van der Waals surface area contributed by atoms with Crippen LogP contribution in [-0.4, -0.2) is 38.6 Å². The van der Waals surface area contributed by atoms with Crippen LogP contribution in [0, 0.1) is 6.92 Å². The van der Waals surface area contributed by atoms with Gasteiger partial charge >= 0.3 is 0 Å². The molecule has 0 aliphatic rings. The Morgan fingerprint density at radius 3 is 2.25 bits per heavy atom. The Morgan fingerprint density at radius 1 is 1.08 bits per heavy atom. The molecule has 0 aliphatic heterocycles. The Bertz CT molecular complexity index is 648. The molecule has 0 aliphatic carbocycles. The molecule has 0 spiro atoms. The zero-order valence-corrected chi connectivity index (χ0v) is 14.9. The first-order chi connectivity index (χ1) is 11.5. The van der Waals surface area contributed by atoms with Crippen molar-refractivity contribution in [1.82, 2.24) is 10.2 Å². The van der Waals surface area contributed by atoms with Gasteiger partial charge in [0.15, 0.2) is 0 Å². The molecule has 0 aromatic heterocycles. The quantitative estimate of drug-likeness (QED) is 0.850. The first-order valence-electron chi connectivity index (χ1n) is 8.12. The molecule has 1 amide bonds. The molecule has 2 aromatic rings. The van der Waals surface area contributed by atoms with Gasteiger partial charge in [-0.2, -0.15) is 0 Å². The third-order valence-corrected chi connectivity index (χ3v) is 4.10. The maximum atomic E-state index is 12.2. The lowest BCUT2D eigenvalue weighted by atomic mass is 10.1. The summed E-state index contributed by atoms with van der Waals surface area (Å²) in [5.74, 6) is 0.874. The van der Waals surface area contributed by atoms with E-state index < -0.39 is 0 Å². The lowest BCUT2D eigenvalue weighted by molar-refractivity contribution is -0.120. The second-order valence-corrected chi connectivity index (χ2v) is 6.22. The number of amides is 1. The maximum absolute atomic E-state index is 12.2. The standard InChI is InChI=1S/C20H26N2O2/c1-15-5-7-16(8-6-15)13-20(23)21-14-19(22(2)3)17-9-11-18(24-4)12-10-17/h5-12,19H,13-14H2,1-4H3,(H,21,23). The first-order valence-corrected chi connectivity index (χ1v) is 8.12. The van der Waals surface area contributed by atoms with E-state index in [4.69, 9.17) is 4.74 Å². The molecule has 0 saturated heterocycles. The first kappa shape index (κ1) is 18.0. The normalized spacial score (nSPS) is 12.0. The number of carbonyl (C=O) groups excluding carboxylic acids is 1. The van der Waals surface area contributed by atoms with Crippen molar-refractivity contribution >= 4 is 5.91 Å². The summed E-state index contributed by atoms with van der Waals surface area (Å²) in [6.07, 6.45) is 0.406. The lowest BCUT2D eigenvalue weighted by Gasteiger charge is -2.25. The van der Waals surface area contributed by atoms with Gasteiger partial charge in [0.2, 0.25) is 5.91 Å². The molecule has 0 fully saturated rings. The minimum Gasteiger partial charge on any atom is -0.497 e. The number of hydrogen-bond acceptors (Lipinski definition) is 3. The topological polar surface area (TPSA) is 41.6 Å². The van der Waals surface area contributed by atoms with Gasteiger partial charge in [-0.15, -0.1) is 0 Å². The molecule has 2 aromatic carbocycles. The van der Waals surface area contributed by atoms with Gasteiger partial charge in [0.05, 0.1) is 19.6 Å². The van der Waals surface area contributed by atoms with E-state index in [0.29, 0.717) is 13.0 Å². The van der Waals surface area contributed by atoms with E-state index in [1.165, 1.54) is 5.56 Å². The van der Waals surface area contributed by atoms with Crippen molar-refractivity contribution in [3.05, 3.63) is 65.2 Å². The molecule has 128 valence electrons. The van der Waals surface area contributed by atoms with Crippen LogP contribution in [-0.2, 0) is 11.2 Å². The summed E-state index contributed by atoms with van der Waals surface area (Å²) in [4.78, 5) is 14.3. The van der Waals surface area contributed by atoms with Gasteiger partial charge in [0.1, 0.15) is 5.75 Å². The van der Waals surface area contributed by atoms with Crippen molar-refractivity contribution in [2.45, 2.75) is 19.4 Å². The summed E-state index contributed by atoms with van der Waals surface area (Å²) < 4.78 is 5.20. The third kappa shape index (κ3) is 5.10. The summed E-state index contributed by atoms with van der Waals surface area (Å²) in [5.41, 5.74) is 3.38. The summed E-state index contributed by atoms with van der Waals surface area (Å²) in [5, 5.41) is 3.04. The van der Waals surface area contributed by atoms with E-state index in [1.807, 2.05) is 69.6 Å². The summed E-state index contributed by atoms with van der Waals surface area (Å²) in [6.45, 7) is 2.62. The monoisotopic (exact) mass is 326 g/mol. The number of nitrogens with one attached hydrogen (secondary N) is 1. The summed E-state index contributed by atoms with van der Waals surface area (Å²) in [7, 11) is 5.69. The van der Waals surface area contributed by atoms with Crippen LogP contribution in [0.1, 0.15) is 22.7 Å². The number of hydrogen-bond donors (Lipinski definition) is 1. The molecule has 1 unspecified atom stereocenters. The Hall–Kier alpha value is -2.33. The number of ether oxygens (including phenoxy) is 1. The van der Waals surface area contributed by atoms with Gasteiger partial charge in [0.25, 0.3) is 0 Å². The molecular formula is C20H26N2O2. The molecule has 0 heterocycles. The Labute approximate surface area is 144 Å². The molecular weight excluding hydrogens is 300 g/mol. The van der Waals surface area contributed by atoms with Gasteiger partial charge in [0, 0.05) is 6.54 Å². The smallest absolute Gasteiger partial charge is 0.224 e. The molecule has 1 N–H and O–H groups in total. The van der Waals surface area contributed by atoms with Crippen molar-refractivity contribution in [1.29, 1.82) is 0 Å². The second kappa shape index (κ2) is 8.50. The van der Waals surface area contributed by atoms with Crippen LogP contribution in [0.2, 0.25) is 0 Å². The van der Waals surface area contributed by atoms with Crippen LogP contribution in [0.25, 0.3) is 0 Å². The number of carbonyl (C=O) groups is 1. The molecule has 0 radical (unpaired) electrons. The molecule has 0 bridgehead atoms. The van der Waals surface area contributed by atoms with Crippen LogP contribution >= 0.6 is 0 Å². The van der Waals surface area contributed by atoms with Crippen LogP contribution in [0.4, 0.5) is 0 Å². The number of methoxy groups -OCH3 is 1. The van der Waals surface area contributed by atoms with Gasteiger partial charge < -0.3 is 15.0 Å². The van der Waals surface area contributed by atoms with Gasteiger partial charge in [-0.1, -0.05) is 42.0 Å². The summed E-state index contributed by atoms with van der Waals surface area (Å²) in [6, 6.07) is 16.2. The number of benzene rings is 2. The largest absolute Gasteiger partial charge is 0.497 e. The van der Waals surface area contributed by atoms with Crippen molar-refractivity contribution < 1.29 is 9.53 Å². The van der Waals surface area contributed by atoms with Gasteiger partial charge in [-0.3, -0.25) is 4.79 Å². The highest BCUT2D eigenvalue weighted by molar-refractivity contribution is 5.78. The highest BCUT2D eigenvalue weighted by Crippen LogP contribution is 2.20. The minimum atomic E-state index is 0.0409. The Balaban J connectivity index is 1.95. The van der Waals surface area contributed by atoms with E-state index in [2.05, 4.69) is 10.2 Å². The van der Waals surface area contributed by atoms with Crippen molar-refractivity contribution in [3.63, 3.8) is 0 Å². The fourth-order valence-corrected chi connectivity index (χ4v) is 2.59. The second-order valence-electron chi connectivity index (χ2n) is 6.22. The van der Waals surface area contributed by atoms with E-state index in [1.54, 1.807) is 7.11 Å². The van der Waals surface area contributed by atoms with Crippen LogP contribution in [0.3, 0.4) is 0 Å². The van der Waals surface area contributed by atoms with Crippen LogP contribution in [0.15, 0.2) is 48.5 Å². The zero-order valence-electron chi connectivity index (χ0n) is 14.9. The molecule has 1 atom stereocenters. The lowest BCUT2D eigenvalue weighted by Crippen LogP contribution is -2.35. The number of nitrogens with zero attached hydrogens (tertiary/aromatic N) is 1. The predicted molar refractivity (Wildman–Crippen MR) is 97.3 cm³/mol. The number of likely N-dealkylation sites (N-methyl/N-ethyl adjacent to an activating group) is 1. The molecule has 2 rings (SSSR count). The minimum absolute atomic E-state index is 0.0409.